The molecule has 1 N–H and O–H groups in total. The number of hydrogen-bond donors (Lipinski definition) is 1. The first kappa shape index (κ1) is 24.7. The molecule has 8 nitrogen and oxygen atoms in total. The zero-order valence-corrected chi connectivity index (χ0v) is 22.2. The van der Waals surface area contributed by atoms with Crippen LogP contribution in [0.4, 0.5) is 5.69 Å². The Morgan fingerprint density at radius 1 is 1.19 bits per heavy atom. The number of nitrogens with zero attached hydrogens (tertiary/aromatic N) is 5. The van der Waals surface area contributed by atoms with E-state index in [1.165, 1.54) is 11.2 Å². The van der Waals surface area contributed by atoms with Crippen LogP contribution >= 0.6 is 11.6 Å². The Morgan fingerprint density at radius 2 is 1.97 bits per heavy atom. The lowest BCUT2D eigenvalue weighted by atomic mass is 9.82. The maximum atomic E-state index is 12.9. The fourth-order valence-corrected chi connectivity index (χ4v) is 5.74. The average Bonchev–Trinajstić information content (AvgIpc) is 3.52. The third kappa shape index (κ3) is 3.96. The number of nitrogens with one attached hydrogen (secondary N) is 1. The van der Waals surface area contributed by atoms with Crippen molar-refractivity contribution in [1.29, 1.82) is 0 Å². The lowest BCUT2D eigenvalue weighted by molar-refractivity contribution is -0.141. The van der Waals surface area contributed by atoms with E-state index in [1.807, 2.05) is 52.2 Å². The van der Waals surface area contributed by atoms with Crippen molar-refractivity contribution in [1.82, 2.24) is 24.8 Å². The van der Waals surface area contributed by atoms with E-state index in [2.05, 4.69) is 33.3 Å². The van der Waals surface area contributed by atoms with Gasteiger partial charge in [-0.15, -0.1) is 0 Å². The topological polar surface area (TPSA) is 82.8 Å². The van der Waals surface area contributed by atoms with Crippen LogP contribution in [0.3, 0.4) is 0 Å². The molecule has 2 aliphatic heterocycles. The van der Waals surface area contributed by atoms with Gasteiger partial charge in [0.1, 0.15) is 6.33 Å². The number of carbonyl (C=O) groups excluding carboxylic acids is 2. The van der Waals surface area contributed by atoms with Gasteiger partial charge in [-0.05, 0) is 42.8 Å². The second kappa shape index (κ2) is 9.16. The molecular formula is C27H33ClN6O2. The molecule has 36 heavy (non-hydrogen) atoms. The third-order valence-corrected chi connectivity index (χ3v) is 8.44. The normalized spacial score (nSPS) is 23.9. The Bertz CT molecular complexity index is 1320. The van der Waals surface area contributed by atoms with Gasteiger partial charge in [0, 0.05) is 47.5 Å². The van der Waals surface area contributed by atoms with Crippen LogP contribution in [-0.2, 0) is 16.1 Å². The van der Waals surface area contributed by atoms with Crippen molar-refractivity contribution in [3.05, 3.63) is 47.4 Å². The SMILES string of the molecule is CCC1CN(c2ccc(Cl)cc2-c2ncnn3cc(CN4C(=O)C(C)C(C)(C)C4=O)cc23)CC1NC. The lowest BCUT2D eigenvalue weighted by Gasteiger charge is -2.22. The highest BCUT2D eigenvalue weighted by molar-refractivity contribution is 6.31. The fourth-order valence-electron chi connectivity index (χ4n) is 5.57. The van der Waals surface area contributed by atoms with Gasteiger partial charge in [0.2, 0.25) is 11.8 Å². The van der Waals surface area contributed by atoms with Gasteiger partial charge in [-0.25, -0.2) is 9.50 Å². The van der Waals surface area contributed by atoms with Gasteiger partial charge in [-0.1, -0.05) is 45.7 Å². The van der Waals surface area contributed by atoms with Gasteiger partial charge in [0.15, 0.2) is 0 Å². The smallest absolute Gasteiger partial charge is 0.235 e. The predicted octanol–water partition coefficient (Wildman–Crippen LogP) is 4.02. The number of imide groups is 1. The fraction of sp³-hybridized carbons (Fsp3) is 0.481. The minimum atomic E-state index is -0.700. The van der Waals surface area contributed by atoms with Crippen molar-refractivity contribution < 1.29 is 9.59 Å². The molecule has 2 fully saturated rings. The van der Waals surface area contributed by atoms with Crippen molar-refractivity contribution in [2.45, 2.75) is 46.7 Å². The van der Waals surface area contributed by atoms with E-state index in [-0.39, 0.29) is 24.3 Å². The number of halogens is 1. The van der Waals surface area contributed by atoms with Crippen LogP contribution < -0.4 is 10.2 Å². The lowest BCUT2D eigenvalue weighted by Crippen LogP contribution is -2.33. The standard InChI is InChI=1S/C27H33ClN6O2/c1-6-18-13-32(14-21(18)29-5)22-8-7-19(28)10-20(22)24-23-9-17(12-34(23)31-15-30-24)11-33-25(35)16(2)27(3,4)26(33)36/h7-10,12,15-16,18,21,29H,6,11,13-14H2,1-5H3. The number of anilines is 1. The Kier molecular flexibility index (Phi) is 6.29. The van der Waals surface area contributed by atoms with E-state index in [4.69, 9.17) is 11.6 Å². The van der Waals surface area contributed by atoms with Crippen LogP contribution in [-0.4, -0.2) is 57.5 Å². The molecule has 3 unspecified atom stereocenters. The largest absolute Gasteiger partial charge is 0.369 e. The van der Waals surface area contributed by atoms with E-state index in [9.17, 15) is 9.59 Å². The number of likely N-dealkylation sites (tertiary alicyclic amines) is 1. The van der Waals surface area contributed by atoms with Crippen LogP contribution in [0.25, 0.3) is 16.8 Å². The van der Waals surface area contributed by atoms with Crippen LogP contribution in [0.15, 0.2) is 36.8 Å². The second-order valence-corrected chi connectivity index (χ2v) is 11.0. The maximum absolute atomic E-state index is 12.9. The van der Waals surface area contributed by atoms with Crippen molar-refractivity contribution in [2.24, 2.45) is 17.3 Å². The van der Waals surface area contributed by atoms with Gasteiger partial charge in [-0.3, -0.25) is 14.5 Å². The summed E-state index contributed by atoms with van der Waals surface area (Å²) in [5, 5.41) is 8.50. The molecule has 0 radical (unpaired) electrons. The number of benzene rings is 1. The van der Waals surface area contributed by atoms with Crippen molar-refractivity contribution in [2.75, 3.05) is 25.0 Å². The number of likely N-dealkylation sites (N-methyl/N-ethyl adjacent to an activating group) is 1. The highest BCUT2D eigenvalue weighted by atomic mass is 35.5. The van der Waals surface area contributed by atoms with Gasteiger partial charge < -0.3 is 10.2 Å². The number of amides is 2. The Balaban J connectivity index is 1.53. The summed E-state index contributed by atoms with van der Waals surface area (Å²) in [6.07, 6.45) is 4.50. The number of fused-ring (bicyclic) bond motifs is 1. The summed E-state index contributed by atoms with van der Waals surface area (Å²) in [6.45, 7) is 9.79. The minimum Gasteiger partial charge on any atom is -0.369 e. The number of carbonyl (C=O) groups is 2. The van der Waals surface area contributed by atoms with Crippen LogP contribution in [0.1, 0.15) is 39.7 Å². The molecule has 0 saturated carbocycles. The first-order chi connectivity index (χ1) is 17.1. The molecule has 4 heterocycles. The van der Waals surface area contributed by atoms with Gasteiger partial charge in [-0.2, -0.15) is 5.10 Å². The zero-order valence-electron chi connectivity index (χ0n) is 21.5. The molecule has 2 aliphatic rings. The van der Waals surface area contributed by atoms with Gasteiger partial charge in [0.25, 0.3) is 0 Å². The van der Waals surface area contributed by atoms with E-state index in [0.717, 1.165) is 47.5 Å². The first-order valence-electron chi connectivity index (χ1n) is 12.6. The summed E-state index contributed by atoms with van der Waals surface area (Å²) < 4.78 is 1.76. The molecule has 5 rings (SSSR count). The van der Waals surface area contributed by atoms with Crippen molar-refractivity contribution in [3.63, 3.8) is 0 Å². The molecule has 3 aromatic rings. The molecule has 0 bridgehead atoms. The van der Waals surface area contributed by atoms with Gasteiger partial charge >= 0.3 is 0 Å². The molecule has 190 valence electrons. The Morgan fingerprint density at radius 3 is 2.61 bits per heavy atom. The molecule has 3 atom stereocenters. The highest BCUT2D eigenvalue weighted by Crippen LogP contribution is 2.39. The number of rotatable bonds is 6. The van der Waals surface area contributed by atoms with Crippen LogP contribution in [0.2, 0.25) is 5.02 Å². The molecule has 2 amide bonds. The minimum absolute atomic E-state index is 0.137. The van der Waals surface area contributed by atoms with E-state index in [1.54, 1.807) is 4.52 Å². The third-order valence-electron chi connectivity index (χ3n) is 8.21. The van der Waals surface area contributed by atoms with Crippen molar-refractivity contribution >= 4 is 34.6 Å². The first-order valence-corrected chi connectivity index (χ1v) is 12.9. The molecule has 2 aromatic heterocycles. The maximum Gasteiger partial charge on any atom is 0.235 e. The van der Waals surface area contributed by atoms with Gasteiger partial charge in [0.05, 0.1) is 23.2 Å². The van der Waals surface area contributed by atoms with E-state index >= 15 is 0 Å². The molecule has 1 aromatic carbocycles. The van der Waals surface area contributed by atoms with Crippen molar-refractivity contribution in [3.8, 4) is 11.3 Å². The van der Waals surface area contributed by atoms with Crippen LogP contribution in [0, 0.1) is 17.3 Å². The molecular weight excluding hydrogens is 476 g/mol. The number of aromatic nitrogens is 3. The summed E-state index contributed by atoms with van der Waals surface area (Å²) in [7, 11) is 2.02. The quantitative estimate of drug-likeness (QED) is 0.506. The van der Waals surface area contributed by atoms with E-state index in [0.29, 0.717) is 17.0 Å². The Labute approximate surface area is 216 Å². The predicted molar refractivity (Wildman–Crippen MR) is 141 cm³/mol. The van der Waals surface area contributed by atoms with Crippen LogP contribution in [0.5, 0.6) is 0 Å². The summed E-state index contributed by atoms with van der Waals surface area (Å²) >= 11 is 6.46. The summed E-state index contributed by atoms with van der Waals surface area (Å²) in [5.74, 6) is -0.0640. The molecule has 0 spiro atoms. The number of hydrogen-bond acceptors (Lipinski definition) is 6. The zero-order chi connectivity index (χ0) is 25.8. The summed E-state index contributed by atoms with van der Waals surface area (Å²) in [6, 6.07) is 8.33. The summed E-state index contributed by atoms with van der Waals surface area (Å²) in [4.78, 5) is 34.2. The second-order valence-electron chi connectivity index (χ2n) is 10.6. The molecule has 2 saturated heterocycles. The Hall–Kier alpha value is -2.97. The van der Waals surface area contributed by atoms with E-state index < -0.39 is 5.41 Å². The molecule has 0 aliphatic carbocycles. The highest BCUT2D eigenvalue weighted by Gasteiger charge is 2.50. The summed E-state index contributed by atoms with van der Waals surface area (Å²) in [5.41, 5.74) is 3.72. The molecule has 9 heteroatoms. The average molecular weight is 509 g/mol. The monoisotopic (exact) mass is 508 g/mol.